The molecule has 0 atom stereocenters. The van der Waals surface area contributed by atoms with Crippen LogP contribution in [-0.2, 0) is 23.1 Å². The fourth-order valence-electron chi connectivity index (χ4n) is 4.32. The van der Waals surface area contributed by atoms with Crippen LogP contribution in [-0.4, -0.2) is 96.5 Å². The molecule has 10 nitrogen and oxygen atoms in total. The molecule has 31 heavy (non-hydrogen) atoms. The summed E-state index contributed by atoms with van der Waals surface area (Å²) >= 11 is 0. The fraction of sp³-hybridized carbons (Fsp3) is 0.810. The number of morpholine rings is 1. The predicted octanol–water partition coefficient (Wildman–Crippen LogP) is 0.140. The average Bonchev–Trinajstić information content (AvgIpc) is 3.38. The zero-order chi connectivity index (χ0) is 22.3. The van der Waals surface area contributed by atoms with Crippen molar-refractivity contribution in [3.63, 3.8) is 0 Å². The van der Waals surface area contributed by atoms with Gasteiger partial charge in [0.25, 0.3) is 0 Å². The molecule has 1 aliphatic heterocycles. The van der Waals surface area contributed by atoms with Crippen LogP contribution in [0.2, 0.25) is 0 Å². The molecule has 10 heteroatoms. The minimum atomic E-state index is -0.350. The van der Waals surface area contributed by atoms with Crippen LogP contribution in [0.5, 0.6) is 0 Å². The second kappa shape index (κ2) is 10.9. The molecule has 2 heterocycles. The number of nitrogens with zero attached hydrogens (tertiary/aromatic N) is 6. The Bertz CT molecular complexity index is 749. The first-order valence-corrected chi connectivity index (χ1v) is 11.3. The van der Waals surface area contributed by atoms with E-state index < -0.39 is 0 Å². The predicted molar refractivity (Wildman–Crippen MR) is 120 cm³/mol. The Kier molecular flexibility index (Phi) is 8.25. The minimum Gasteiger partial charge on any atom is -0.379 e. The first-order valence-electron chi connectivity index (χ1n) is 11.3. The van der Waals surface area contributed by atoms with Crippen molar-refractivity contribution in [2.45, 2.75) is 39.2 Å². The van der Waals surface area contributed by atoms with E-state index in [1.807, 2.05) is 32.6 Å². The number of amides is 1. The van der Waals surface area contributed by atoms with Crippen LogP contribution in [0.15, 0.2) is 4.99 Å². The van der Waals surface area contributed by atoms with Gasteiger partial charge < -0.3 is 24.8 Å². The summed E-state index contributed by atoms with van der Waals surface area (Å²) in [6.45, 7) is 8.15. The molecular weight excluding hydrogens is 396 g/mol. The zero-order valence-corrected chi connectivity index (χ0v) is 19.5. The Labute approximate surface area is 185 Å². The van der Waals surface area contributed by atoms with Crippen molar-refractivity contribution in [2.75, 3.05) is 60.0 Å². The number of hydrogen-bond donors (Lipinski definition) is 2. The van der Waals surface area contributed by atoms with Gasteiger partial charge in [0.15, 0.2) is 11.8 Å². The summed E-state index contributed by atoms with van der Waals surface area (Å²) in [4.78, 5) is 21.8. The standard InChI is InChI=1S/C21H38N8O2/c1-17-25-26-18(28(17)4)15-23-20(22-9-10-29-11-13-31-14-12-29)24-16-21(7-5-6-8-21)19(30)27(2)3/h5-16H2,1-4H3,(H2,22,23,24). The Hall–Kier alpha value is -2.20. The fourth-order valence-corrected chi connectivity index (χ4v) is 4.32. The molecule has 1 aliphatic carbocycles. The number of guanidine groups is 1. The Morgan fingerprint density at radius 2 is 1.90 bits per heavy atom. The topological polar surface area (TPSA) is 99.9 Å². The highest BCUT2D eigenvalue weighted by molar-refractivity contribution is 5.85. The van der Waals surface area contributed by atoms with Crippen molar-refractivity contribution in [1.29, 1.82) is 0 Å². The van der Waals surface area contributed by atoms with Gasteiger partial charge in [0.05, 0.1) is 18.6 Å². The normalized spacial score (nSPS) is 19.4. The van der Waals surface area contributed by atoms with Gasteiger partial charge in [-0.3, -0.25) is 9.69 Å². The van der Waals surface area contributed by atoms with E-state index in [1.54, 1.807) is 4.90 Å². The van der Waals surface area contributed by atoms with Crippen LogP contribution in [0.4, 0.5) is 0 Å². The Morgan fingerprint density at radius 1 is 1.19 bits per heavy atom. The van der Waals surface area contributed by atoms with Crippen LogP contribution < -0.4 is 10.6 Å². The Balaban J connectivity index is 1.64. The second-order valence-electron chi connectivity index (χ2n) is 8.81. The van der Waals surface area contributed by atoms with Gasteiger partial charge >= 0.3 is 0 Å². The number of rotatable bonds is 8. The van der Waals surface area contributed by atoms with E-state index in [0.29, 0.717) is 19.0 Å². The smallest absolute Gasteiger partial charge is 0.230 e. The molecule has 0 radical (unpaired) electrons. The SMILES string of the molecule is Cc1nnc(CN=C(NCCN2CCOCC2)NCC2(C(=O)N(C)C)CCCC2)n1C. The van der Waals surface area contributed by atoms with Crippen molar-refractivity contribution < 1.29 is 9.53 Å². The van der Waals surface area contributed by atoms with Crippen LogP contribution in [0.1, 0.15) is 37.3 Å². The van der Waals surface area contributed by atoms with E-state index in [0.717, 1.165) is 76.7 Å². The van der Waals surface area contributed by atoms with Gasteiger partial charge in [0.1, 0.15) is 12.4 Å². The van der Waals surface area contributed by atoms with E-state index in [-0.39, 0.29) is 11.3 Å². The molecule has 1 saturated carbocycles. The summed E-state index contributed by atoms with van der Waals surface area (Å²) in [6, 6.07) is 0. The minimum absolute atomic E-state index is 0.203. The summed E-state index contributed by atoms with van der Waals surface area (Å²) in [5, 5.41) is 15.2. The lowest BCUT2D eigenvalue weighted by Gasteiger charge is -2.31. The van der Waals surface area contributed by atoms with Crippen molar-refractivity contribution >= 4 is 11.9 Å². The van der Waals surface area contributed by atoms with Crippen molar-refractivity contribution in [1.82, 2.24) is 35.2 Å². The molecule has 1 aromatic rings. The maximum atomic E-state index is 12.9. The summed E-state index contributed by atoms with van der Waals surface area (Å²) in [5.41, 5.74) is -0.350. The molecule has 1 saturated heterocycles. The van der Waals surface area contributed by atoms with Crippen LogP contribution >= 0.6 is 0 Å². The number of hydrogen-bond acceptors (Lipinski definition) is 6. The third-order valence-electron chi connectivity index (χ3n) is 6.40. The molecule has 3 rings (SSSR count). The van der Waals surface area contributed by atoms with Crippen molar-refractivity contribution in [3.8, 4) is 0 Å². The maximum absolute atomic E-state index is 12.9. The number of nitrogens with one attached hydrogen (secondary N) is 2. The average molecular weight is 435 g/mol. The number of aromatic nitrogens is 3. The lowest BCUT2D eigenvalue weighted by Crippen LogP contribution is -2.50. The quantitative estimate of drug-likeness (QED) is 0.443. The molecule has 0 aromatic carbocycles. The monoisotopic (exact) mass is 434 g/mol. The van der Waals surface area contributed by atoms with Crippen LogP contribution in [0, 0.1) is 12.3 Å². The number of aliphatic imine (C=N–C) groups is 1. The highest BCUT2D eigenvalue weighted by Crippen LogP contribution is 2.38. The van der Waals surface area contributed by atoms with Gasteiger partial charge in [-0.15, -0.1) is 10.2 Å². The molecule has 0 unspecified atom stereocenters. The number of carbonyl (C=O) groups excluding carboxylic acids is 1. The van der Waals surface area contributed by atoms with E-state index in [1.165, 1.54) is 0 Å². The van der Waals surface area contributed by atoms with Gasteiger partial charge in [0.2, 0.25) is 5.91 Å². The third kappa shape index (κ3) is 6.16. The number of aryl methyl sites for hydroxylation is 1. The van der Waals surface area contributed by atoms with E-state index in [9.17, 15) is 4.79 Å². The summed E-state index contributed by atoms with van der Waals surface area (Å²) in [7, 11) is 5.63. The molecule has 2 aliphatic rings. The molecule has 2 fully saturated rings. The van der Waals surface area contributed by atoms with E-state index in [4.69, 9.17) is 9.73 Å². The highest BCUT2D eigenvalue weighted by atomic mass is 16.5. The Morgan fingerprint density at radius 3 is 2.52 bits per heavy atom. The molecular formula is C21H38N8O2. The molecule has 174 valence electrons. The summed E-state index contributed by atoms with van der Waals surface area (Å²) < 4.78 is 7.37. The molecule has 2 N–H and O–H groups in total. The number of ether oxygens (including phenoxy) is 1. The highest BCUT2D eigenvalue weighted by Gasteiger charge is 2.42. The molecule has 0 bridgehead atoms. The van der Waals surface area contributed by atoms with Crippen LogP contribution in [0.3, 0.4) is 0 Å². The summed E-state index contributed by atoms with van der Waals surface area (Å²) in [6.07, 6.45) is 4.02. The first-order chi connectivity index (χ1) is 14.9. The first kappa shape index (κ1) is 23.5. The van der Waals surface area contributed by atoms with Gasteiger partial charge in [-0.1, -0.05) is 12.8 Å². The lowest BCUT2D eigenvalue weighted by molar-refractivity contribution is -0.138. The molecule has 0 spiro atoms. The molecule has 1 amide bonds. The van der Waals surface area contributed by atoms with Gasteiger partial charge in [-0.25, -0.2) is 4.99 Å². The van der Waals surface area contributed by atoms with Crippen molar-refractivity contribution in [2.24, 2.45) is 17.5 Å². The van der Waals surface area contributed by atoms with E-state index in [2.05, 4.69) is 25.7 Å². The maximum Gasteiger partial charge on any atom is 0.230 e. The number of carbonyl (C=O) groups is 1. The zero-order valence-electron chi connectivity index (χ0n) is 19.5. The summed E-state index contributed by atoms with van der Waals surface area (Å²) in [5.74, 6) is 2.59. The van der Waals surface area contributed by atoms with Gasteiger partial charge in [0, 0.05) is 53.9 Å². The molecule has 1 aromatic heterocycles. The van der Waals surface area contributed by atoms with Gasteiger partial charge in [-0.2, -0.15) is 0 Å². The second-order valence-corrected chi connectivity index (χ2v) is 8.81. The largest absolute Gasteiger partial charge is 0.379 e. The van der Waals surface area contributed by atoms with Crippen LogP contribution in [0.25, 0.3) is 0 Å². The third-order valence-corrected chi connectivity index (χ3v) is 6.40. The van der Waals surface area contributed by atoms with Gasteiger partial charge in [-0.05, 0) is 19.8 Å². The van der Waals surface area contributed by atoms with Crippen molar-refractivity contribution in [3.05, 3.63) is 11.6 Å². The lowest BCUT2D eigenvalue weighted by atomic mass is 9.84. The van der Waals surface area contributed by atoms with E-state index >= 15 is 0 Å².